The Kier molecular flexibility index (Phi) is 6.49. The number of amides is 1. The number of rotatable bonds is 7. The molecule has 1 unspecified atom stereocenters. The van der Waals surface area contributed by atoms with E-state index in [4.69, 9.17) is 4.74 Å². The molecule has 0 saturated heterocycles. The molecule has 178 valence electrons. The van der Waals surface area contributed by atoms with Gasteiger partial charge in [0.2, 0.25) is 10.0 Å². The van der Waals surface area contributed by atoms with E-state index in [0.717, 1.165) is 0 Å². The monoisotopic (exact) mass is 501 g/mol. The van der Waals surface area contributed by atoms with Gasteiger partial charge in [-0.3, -0.25) is 13.8 Å². The Morgan fingerprint density at radius 3 is 2.24 bits per heavy atom. The average Bonchev–Trinajstić information content (AvgIpc) is 2.84. The Morgan fingerprint density at radius 1 is 0.912 bits per heavy atom. The summed E-state index contributed by atoms with van der Waals surface area (Å²) in [5.41, 5.74) is 1.16. The van der Waals surface area contributed by atoms with Crippen molar-refractivity contribution in [1.29, 1.82) is 0 Å². The van der Waals surface area contributed by atoms with Crippen LogP contribution in [-0.4, -0.2) is 41.1 Å². The van der Waals surface area contributed by atoms with Gasteiger partial charge in [-0.25, -0.2) is 16.8 Å². The predicted molar refractivity (Wildman–Crippen MR) is 130 cm³/mol. The van der Waals surface area contributed by atoms with Crippen LogP contribution in [-0.2, 0) is 24.8 Å². The molecule has 4 rings (SSSR count). The van der Waals surface area contributed by atoms with Gasteiger partial charge in [-0.1, -0.05) is 30.3 Å². The van der Waals surface area contributed by atoms with E-state index < -0.39 is 32.1 Å². The van der Waals surface area contributed by atoms with Crippen molar-refractivity contribution in [1.82, 2.24) is 0 Å². The van der Waals surface area contributed by atoms with Crippen molar-refractivity contribution < 1.29 is 26.4 Å². The smallest absolute Gasteiger partial charge is 0.267 e. The fraction of sp³-hybridized carbons (Fsp3) is 0.174. The zero-order chi connectivity index (χ0) is 24.3. The number of nitrogens with zero attached hydrogens (tertiary/aromatic N) is 1. The number of ether oxygens (including phenoxy) is 1. The Labute approximate surface area is 198 Å². The second-order valence-electron chi connectivity index (χ2n) is 7.49. The Balaban J connectivity index is 1.49. The van der Waals surface area contributed by atoms with Crippen LogP contribution in [0, 0.1) is 0 Å². The maximum absolute atomic E-state index is 12.9. The molecule has 11 heteroatoms. The molecular weight excluding hydrogens is 478 g/mol. The minimum atomic E-state index is -3.80. The van der Waals surface area contributed by atoms with E-state index >= 15 is 0 Å². The third kappa shape index (κ3) is 5.00. The molecule has 1 aliphatic heterocycles. The van der Waals surface area contributed by atoms with Gasteiger partial charge in [0, 0.05) is 11.4 Å². The van der Waals surface area contributed by atoms with E-state index in [-0.39, 0.29) is 17.2 Å². The highest BCUT2D eigenvalue weighted by atomic mass is 32.2. The minimum absolute atomic E-state index is 0.0254. The highest BCUT2D eigenvalue weighted by Gasteiger charge is 2.36. The van der Waals surface area contributed by atoms with Gasteiger partial charge in [0.25, 0.3) is 15.9 Å². The minimum Gasteiger partial charge on any atom is -0.476 e. The van der Waals surface area contributed by atoms with Gasteiger partial charge in [0.1, 0.15) is 5.75 Å². The van der Waals surface area contributed by atoms with E-state index in [1.54, 1.807) is 54.6 Å². The first kappa shape index (κ1) is 23.6. The molecule has 0 saturated carbocycles. The first-order valence-corrected chi connectivity index (χ1v) is 13.5. The van der Waals surface area contributed by atoms with Crippen molar-refractivity contribution in [3.8, 4) is 5.75 Å². The topological polar surface area (TPSA) is 122 Å². The summed E-state index contributed by atoms with van der Waals surface area (Å²) in [6, 6.07) is 20.7. The number of hydrogen-bond acceptors (Lipinski definition) is 6. The molecule has 1 amide bonds. The molecule has 1 aliphatic rings. The van der Waals surface area contributed by atoms with Crippen molar-refractivity contribution in [3.05, 3.63) is 78.9 Å². The summed E-state index contributed by atoms with van der Waals surface area (Å²) in [6.45, 7) is 1.36. The van der Waals surface area contributed by atoms with Crippen molar-refractivity contribution in [2.75, 3.05) is 26.6 Å². The second kappa shape index (κ2) is 9.35. The molecule has 3 aromatic rings. The molecule has 0 spiro atoms. The fourth-order valence-electron chi connectivity index (χ4n) is 3.42. The number of hydrogen-bond donors (Lipinski definition) is 2. The predicted octanol–water partition coefficient (Wildman–Crippen LogP) is 3.04. The average molecular weight is 502 g/mol. The number of fused-ring (bicyclic) bond motifs is 1. The largest absolute Gasteiger partial charge is 0.476 e. The lowest BCUT2D eigenvalue weighted by Gasteiger charge is -2.34. The zero-order valence-corrected chi connectivity index (χ0v) is 19.8. The lowest BCUT2D eigenvalue weighted by Crippen LogP contribution is -2.49. The van der Waals surface area contributed by atoms with Crippen LogP contribution in [0.1, 0.15) is 6.92 Å². The molecule has 0 aliphatic carbocycles. The third-order valence-corrected chi connectivity index (χ3v) is 8.33. The summed E-state index contributed by atoms with van der Waals surface area (Å²) in [7, 11) is -7.42. The SMILES string of the molecule is CCS(=O)(=O)N1CC(C(=O)Nc2ccc(S(=O)(=O)Nc3ccccc3)cc2)Oc2ccccc21. The standard InChI is InChI=1S/C23H23N3O6S2/c1-2-33(28,29)26-16-22(32-21-11-7-6-10-20(21)26)23(27)24-17-12-14-19(15-13-17)34(30,31)25-18-8-4-3-5-9-18/h3-15,22,25H,2,16H2,1H3,(H,24,27). The second-order valence-corrected chi connectivity index (χ2v) is 11.4. The molecule has 34 heavy (non-hydrogen) atoms. The highest BCUT2D eigenvalue weighted by molar-refractivity contribution is 7.93. The van der Waals surface area contributed by atoms with Crippen LogP contribution in [0.2, 0.25) is 0 Å². The van der Waals surface area contributed by atoms with Gasteiger partial charge in [0.15, 0.2) is 6.10 Å². The van der Waals surface area contributed by atoms with Crippen molar-refractivity contribution >= 4 is 43.0 Å². The third-order valence-electron chi connectivity index (χ3n) is 5.19. The summed E-state index contributed by atoms with van der Waals surface area (Å²) < 4.78 is 59.7. The number of sulfonamides is 2. The molecule has 9 nitrogen and oxygen atoms in total. The number of para-hydroxylation sites is 3. The van der Waals surface area contributed by atoms with Gasteiger partial charge in [-0.2, -0.15) is 0 Å². The molecule has 0 fully saturated rings. The van der Waals surface area contributed by atoms with Crippen LogP contribution in [0.5, 0.6) is 5.75 Å². The molecule has 3 aromatic carbocycles. The van der Waals surface area contributed by atoms with Crippen molar-refractivity contribution in [2.45, 2.75) is 17.9 Å². The van der Waals surface area contributed by atoms with Crippen LogP contribution >= 0.6 is 0 Å². The molecule has 1 atom stereocenters. The molecular formula is C23H23N3O6S2. The van der Waals surface area contributed by atoms with E-state index in [2.05, 4.69) is 10.0 Å². The van der Waals surface area contributed by atoms with E-state index in [0.29, 0.717) is 22.8 Å². The summed E-state index contributed by atoms with van der Waals surface area (Å²) in [4.78, 5) is 12.9. The number of carbonyl (C=O) groups excluding carboxylic acids is 1. The molecule has 0 aromatic heterocycles. The maximum Gasteiger partial charge on any atom is 0.267 e. The summed E-state index contributed by atoms with van der Waals surface area (Å²) in [6.07, 6.45) is -1.08. The van der Waals surface area contributed by atoms with Crippen LogP contribution in [0.15, 0.2) is 83.8 Å². The number of nitrogens with one attached hydrogen (secondary N) is 2. The highest BCUT2D eigenvalue weighted by Crippen LogP contribution is 2.35. The summed E-state index contributed by atoms with van der Waals surface area (Å²) >= 11 is 0. The fourth-order valence-corrected chi connectivity index (χ4v) is 5.60. The van der Waals surface area contributed by atoms with Gasteiger partial charge < -0.3 is 10.1 Å². The van der Waals surface area contributed by atoms with Gasteiger partial charge in [-0.05, 0) is 55.5 Å². The van der Waals surface area contributed by atoms with E-state index in [9.17, 15) is 21.6 Å². The first-order chi connectivity index (χ1) is 16.2. The van der Waals surface area contributed by atoms with Gasteiger partial charge in [0.05, 0.1) is 22.9 Å². The maximum atomic E-state index is 12.9. The quantitative estimate of drug-likeness (QED) is 0.513. The van der Waals surface area contributed by atoms with E-state index in [1.165, 1.54) is 35.5 Å². The number of anilines is 3. The Hall–Kier alpha value is -3.57. The first-order valence-electron chi connectivity index (χ1n) is 10.4. The number of carbonyl (C=O) groups is 1. The Bertz CT molecular complexity index is 1390. The molecule has 0 bridgehead atoms. The van der Waals surface area contributed by atoms with Crippen LogP contribution in [0.4, 0.5) is 17.1 Å². The molecule has 2 N–H and O–H groups in total. The van der Waals surface area contributed by atoms with Gasteiger partial charge in [-0.15, -0.1) is 0 Å². The lowest BCUT2D eigenvalue weighted by atomic mass is 10.2. The lowest BCUT2D eigenvalue weighted by molar-refractivity contribution is -0.122. The normalized spacial score (nSPS) is 15.7. The van der Waals surface area contributed by atoms with E-state index in [1.807, 2.05) is 0 Å². The van der Waals surface area contributed by atoms with Gasteiger partial charge >= 0.3 is 0 Å². The summed E-state index contributed by atoms with van der Waals surface area (Å²) in [5.74, 6) is -0.383. The van der Waals surface area contributed by atoms with Crippen molar-refractivity contribution in [3.63, 3.8) is 0 Å². The van der Waals surface area contributed by atoms with Crippen LogP contribution in [0.3, 0.4) is 0 Å². The molecule has 0 radical (unpaired) electrons. The zero-order valence-electron chi connectivity index (χ0n) is 18.2. The van der Waals surface area contributed by atoms with Crippen molar-refractivity contribution in [2.24, 2.45) is 0 Å². The number of benzene rings is 3. The Morgan fingerprint density at radius 2 is 1.56 bits per heavy atom. The summed E-state index contributed by atoms with van der Waals surface area (Å²) in [5, 5.41) is 2.66. The molecule has 1 heterocycles. The van der Waals surface area contributed by atoms with Crippen LogP contribution in [0.25, 0.3) is 0 Å². The van der Waals surface area contributed by atoms with Crippen LogP contribution < -0.4 is 19.1 Å².